The molecule has 0 N–H and O–H groups in total. The summed E-state index contributed by atoms with van der Waals surface area (Å²) in [6, 6.07) is 0. The fraction of sp³-hybridized carbons (Fsp3) is 0.429. The lowest BCUT2D eigenvalue weighted by atomic mass is 10.2. The summed E-state index contributed by atoms with van der Waals surface area (Å²) in [6.07, 6.45) is 8.33. The molecule has 0 atom stereocenters. The van der Waals surface area contributed by atoms with Gasteiger partial charge in [0.1, 0.15) is 5.78 Å². The van der Waals surface area contributed by atoms with Crippen LogP contribution in [0.1, 0.15) is 19.3 Å². The van der Waals surface area contributed by atoms with E-state index in [4.69, 9.17) is 0 Å². The van der Waals surface area contributed by atoms with Gasteiger partial charge in [0, 0.05) is 12.8 Å². The summed E-state index contributed by atoms with van der Waals surface area (Å²) in [5.41, 5.74) is 0. The number of hydrogen-bond acceptors (Lipinski definition) is 1. The second-order valence-electron chi connectivity index (χ2n) is 1.95. The molecule has 1 aliphatic carbocycles. The summed E-state index contributed by atoms with van der Waals surface area (Å²) in [5, 5.41) is 0. The predicted octanol–water partition coefficient (Wildman–Crippen LogP) is 1.50. The van der Waals surface area contributed by atoms with E-state index >= 15 is 0 Å². The van der Waals surface area contributed by atoms with Crippen molar-refractivity contribution in [2.24, 2.45) is 0 Å². The predicted molar refractivity (Wildman–Crippen MR) is 32.3 cm³/mol. The average molecular weight is 109 g/mol. The fourth-order valence-corrected chi connectivity index (χ4v) is 0.749. The molecule has 0 aromatic heterocycles. The zero-order valence-corrected chi connectivity index (χ0v) is 4.76. The van der Waals surface area contributed by atoms with E-state index < -0.39 is 0 Å². The van der Waals surface area contributed by atoms with Crippen molar-refractivity contribution < 1.29 is 4.79 Å². The Kier molecular flexibility index (Phi) is 1.84. The lowest BCUT2D eigenvalue weighted by Gasteiger charge is -1.86. The van der Waals surface area contributed by atoms with Crippen molar-refractivity contribution in [3.8, 4) is 0 Å². The van der Waals surface area contributed by atoms with Crippen LogP contribution in [0.4, 0.5) is 0 Å². The molecule has 1 aliphatic rings. The van der Waals surface area contributed by atoms with E-state index in [-0.39, 0.29) is 5.78 Å². The molecule has 1 nitrogen and oxygen atoms in total. The van der Waals surface area contributed by atoms with Crippen LogP contribution in [0.25, 0.3) is 0 Å². The maximum atomic E-state index is 10.6. The van der Waals surface area contributed by atoms with Gasteiger partial charge in [0.2, 0.25) is 0 Å². The van der Waals surface area contributed by atoms with Gasteiger partial charge in [-0.05, 0) is 12.8 Å². The molecule has 43 valence electrons. The summed E-state index contributed by atoms with van der Waals surface area (Å²) in [6.45, 7) is 0. The Hall–Kier alpha value is -0.590. The quantitative estimate of drug-likeness (QED) is 0.460. The first-order chi connectivity index (χ1) is 3.89. The third-order valence-corrected chi connectivity index (χ3v) is 1.21. The van der Waals surface area contributed by atoms with E-state index in [9.17, 15) is 4.79 Å². The highest BCUT2D eigenvalue weighted by Crippen LogP contribution is 2.04. The first-order valence-electron chi connectivity index (χ1n) is 2.92. The largest absolute Gasteiger partial charge is 0.299 e. The number of hydrogen-bond donors (Lipinski definition) is 0. The molecular formula is C7H9O. The molecule has 0 amide bonds. The Morgan fingerprint density at radius 1 is 1.50 bits per heavy atom. The van der Waals surface area contributed by atoms with Crippen molar-refractivity contribution in [1.29, 1.82) is 0 Å². The van der Waals surface area contributed by atoms with Crippen LogP contribution in [0.5, 0.6) is 0 Å². The van der Waals surface area contributed by atoms with Gasteiger partial charge in [-0.1, -0.05) is 12.2 Å². The molecule has 8 heavy (non-hydrogen) atoms. The van der Waals surface area contributed by atoms with Gasteiger partial charge in [-0.2, -0.15) is 0 Å². The van der Waals surface area contributed by atoms with Crippen LogP contribution in [0, 0.1) is 6.42 Å². The summed E-state index contributed by atoms with van der Waals surface area (Å²) < 4.78 is 0. The summed E-state index contributed by atoms with van der Waals surface area (Å²) >= 11 is 0. The average Bonchev–Trinajstić information content (AvgIpc) is 1.94. The summed E-state index contributed by atoms with van der Waals surface area (Å²) in [4.78, 5) is 10.6. The van der Waals surface area contributed by atoms with Gasteiger partial charge in [-0.25, -0.2) is 0 Å². The minimum atomic E-state index is 0.263. The van der Waals surface area contributed by atoms with Crippen molar-refractivity contribution in [2.75, 3.05) is 0 Å². The van der Waals surface area contributed by atoms with Gasteiger partial charge in [0.15, 0.2) is 0 Å². The van der Waals surface area contributed by atoms with Crippen molar-refractivity contribution in [1.82, 2.24) is 0 Å². The van der Waals surface area contributed by atoms with E-state index in [1.54, 1.807) is 6.42 Å². The van der Waals surface area contributed by atoms with Crippen molar-refractivity contribution in [2.45, 2.75) is 19.3 Å². The third-order valence-electron chi connectivity index (χ3n) is 1.21. The van der Waals surface area contributed by atoms with Crippen molar-refractivity contribution >= 4 is 5.78 Å². The molecular weight excluding hydrogens is 100 g/mol. The van der Waals surface area contributed by atoms with Crippen molar-refractivity contribution in [3.05, 3.63) is 18.6 Å². The van der Waals surface area contributed by atoms with E-state index in [0.717, 1.165) is 19.3 Å². The molecule has 0 aromatic rings. The van der Waals surface area contributed by atoms with E-state index in [1.165, 1.54) is 0 Å². The SMILES string of the molecule is O=C1[CH]C=CCCC1. The number of carbonyl (C=O) groups is 1. The molecule has 0 heterocycles. The molecule has 0 spiro atoms. The lowest BCUT2D eigenvalue weighted by Crippen LogP contribution is -1.92. The van der Waals surface area contributed by atoms with Crippen LogP contribution in [0.15, 0.2) is 12.2 Å². The lowest BCUT2D eigenvalue weighted by molar-refractivity contribution is -0.115. The maximum absolute atomic E-state index is 10.6. The monoisotopic (exact) mass is 109 g/mol. The minimum absolute atomic E-state index is 0.263. The van der Waals surface area contributed by atoms with Crippen molar-refractivity contribution in [3.63, 3.8) is 0 Å². The normalized spacial score (nSPS) is 20.8. The van der Waals surface area contributed by atoms with Crippen LogP contribution < -0.4 is 0 Å². The Morgan fingerprint density at radius 3 is 3.25 bits per heavy atom. The smallest absolute Gasteiger partial charge is 0.140 e. The van der Waals surface area contributed by atoms with Crippen LogP contribution in [0.2, 0.25) is 0 Å². The van der Waals surface area contributed by atoms with Crippen LogP contribution in [-0.4, -0.2) is 5.78 Å². The summed E-state index contributed by atoms with van der Waals surface area (Å²) in [5.74, 6) is 0.263. The molecule has 0 saturated carbocycles. The zero-order valence-electron chi connectivity index (χ0n) is 4.76. The zero-order chi connectivity index (χ0) is 5.82. The van der Waals surface area contributed by atoms with Gasteiger partial charge in [-0.15, -0.1) is 0 Å². The van der Waals surface area contributed by atoms with E-state index in [0.29, 0.717) is 0 Å². The van der Waals surface area contributed by atoms with Gasteiger partial charge in [0.05, 0.1) is 0 Å². The molecule has 0 fully saturated rings. The van der Waals surface area contributed by atoms with E-state index in [1.807, 2.05) is 12.2 Å². The van der Waals surface area contributed by atoms with Crippen LogP contribution in [-0.2, 0) is 4.79 Å². The molecule has 0 bridgehead atoms. The van der Waals surface area contributed by atoms with E-state index in [2.05, 4.69) is 0 Å². The summed E-state index contributed by atoms with van der Waals surface area (Å²) in [7, 11) is 0. The molecule has 1 rings (SSSR count). The minimum Gasteiger partial charge on any atom is -0.299 e. The first-order valence-corrected chi connectivity index (χ1v) is 2.92. The number of Topliss-reactive ketones (excluding diaryl/α,β-unsaturated/α-hetero) is 1. The van der Waals surface area contributed by atoms with Gasteiger partial charge in [-0.3, -0.25) is 4.79 Å². The van der Waals surface area contributed by atoms with Gasteiger partial charge >= 0.3 is 0 Å². The highest BCUT2D eigenvalue weighted by atomic mass is 16.1. The standard InChI is InChI=1S/C7H9O/c8-7-5-3-1-2-4-6-7/h1,3,5H,2,4,6H2. The molecule has 0 unspecified atom stereocenters. The maximum Gasteiger partial charge on any atom is 0.140 e. The first kappa shape index (κ1) is 5.54. The number of rotatable bonds is 0. The fourth-order valence-electron chi connectivity index (χ4n) is 0.749. The topological polar surface area (TPSA) is 17.1 Å². The van der Waals surface area contributed by atoms with Crippen LogP contribution >= 0.6 is 0 Å². The highest BCUT2D eigenvalue weighted by molar-refractivity contribution is 5.89. The Labute approximate surface area is 49.4 Å². The molecule has 0 aliphatic heterocycles. The second-order valence-corrected chi connectivity index (χ2v) is 1.95. The Bertz CT molecular complexity index is 114. The molecule has 0 aromatic carbocycles. The van der Waals surface area contributed by atoms with Crippen LogP contribution in [0.3, 0.4) is 0 Å². The second kappa shape index (κ2) is 2.65. The Morgan fingerprint density at radius 2 is 2.38 bits per heavy atom. The van der Waals surface area contributed by atoms with Gasteiger partial charge < -0.3 is 0 Å². The van der Waals surface area contributed by atoms with Gasteiger partial charge in [0.25, 0.3) is 0 Å². The number of ketones is 1. The third kappa shape index (κ3) is 1.49. The molecule has 1 heteroatoms. The number of allylic oxidation sites excluding steroid dienone is 2. The number of carbonyl (C=O) groups excluding carboxylic acids is 1. The molecule has 1 radical (unpaired) electrons. The Balaban J connectivity index is 2.41. The molecule has 0 saturated heterocycles. The highest BCUT2D eigenvalue weighted by Gasteiger charge is 2.00.